The summed E-state index contributed by atoms with van der Waals surface area (Å²) in [7, 11) is 1.69. The summed E-state index contributed by atoms with van der Waals surface area (Å²) < 4.78 is 0. The molecule has 1 aliphatic rings. The molecule has 9 heteroatoms. The van der Waals surface area contributed by atoms with Gasteiger partial charge in [-0.1, -0.05) is 0 Å². The van der Waals surface area contributed by atoms with E-state index < -0.39 is 18.0 Å². The van der Waals surface area contributed by atoms with Crippen molar-refractivity contribution in [2.45, 2.75) is 18.9 Å². The van der Waals surface area contributed by atoms with Crippen molar-refractivity contribution in [1.82, 2.24) is 10.2 Å². The van der Waals surface area contributed by atoms with E-state index in [0.717, 1.165) is 0 Å². The fourth-order valence-electron chi connectivity index (χ4n) is 0.964. The van der Waals surface area contributed by atoms with E-state index >= 15 is 0 Å². The molecule has 0 bridgehead atoms. The van der Waals surface area contributed by atoms with Crippen molar-refractivity contribution in [1.29, 1.82) is 5.41 Å². The Kier molecular flexibility index (Phi) is 6.35. The fraction of sp³-hybridized carbons (Fsp3) is 0.556. The van der Waals surface area contributed by atoms with Crippen molar-refractivity contribution in [3.63, 3.8) is 0 Å². The van der Waals surface area contributed by atoms with Crippen LogP contribution in [-0.2, 0) is 14.4 Å². The average molecular weight is 260 g/mol. The Morgan fingerprint density at radius 2 is 2.11 bits per heavy atom. The first-order valence-corrected chi connectivity index (χ1v) is 5.03. The summed E-state index contributed by atoms with van der Waals surface area (Å²) in [4.78, 5) is 31.8. The highest BCUT2D eigenvalue weighted by molar-refractivity contribution is 6.02. The Morgan fingerprint density at radius 3 is 2.33 bits per heavy atom. The molecule has 0 saturated carbocycles. The molecule has 0 radical (unpaired) electrons. The van der Waals surface area contributed by atoms with Gasteiger partial charge in [-0.25, -0.2) is 0 Å². The Hall–Kier alpha value is -2.16. The summed E-state index contributed by atoms with van der Waals surface area (Å²) >= 11 is 0. The zero-order chi connectivity index (χ0) is 14.3. The van der Waals surface area contributed by atoms with Crippen LogP contribution in [0.5, 0.6) is 0 Å². The van der Waals surface area contributed by atoms with Gasteiger partial charge in [-0.3, -0.25) is 25.1 Å². The Balaban J connectivity index is 0.000000327. The van der Waals surface area contributed by atoms with Crippen LogP contribution in [0.25, 0.3) is 0 Å². The second-order valence-corrected chi connectivity index (χ2v) is 3.63. The Bertz CT molecular complexity index is 357. The number of nitrogens with one attached hydrogen (secondary N) is 2. The number of carbonyl (C=O) groups excluding carboxylic acids is 1. The largest absolute Gasteiger partial charge is 0.481 e. The normalized spacial score (nSPS) is 15.6. The number of carboxylic acids is 2. The van der Waals surface area contributed by atoms with Gasteiger partial charge in [0, 0.05) is 13.5 Å². The van der Waals surface area contributed by atoms with E-state index in [1.54, 1.807) is 11.9 Å². The van der Waals surface area contributed by atoms with E-state index in [2.05, 4.69) is 5.32 Å². The van der Waals surface area contributed by atoms with Crippen LogP contribution in [-0.4, -0.2) is 58.6 Å². The maximum Gasteiger partial charge on any atom is 0.320 e. The lowest BCUT2D eigenvalue weighted by Crippen LogP contribution is -2.30. The summed E-state index contributed by atoms with van der Waals surface area (Å²) in [6.07, 6.45) is -0.224. The number of rotatable bonds is 4. The minimum atomic E-state index is -1.17. The van der Waals surface area contributed by atoms with Crippen LogP contribution in [0, 0.1) is 5.41 Å². The molecule has 0 aromatic carbocycles. The molecule has 9 nitrogen and oxygen atoms in total. The predicted molar refractivity (Wildman–Crippen MR) is 61.0 cm³/mol. The van der Waals surface area contributed by atoms with Crippen LogP contribution in [0.4, 0.5) is 0 Å². The number of hydrogen-bond acceptors (Lipinski definition) is 5. The van der Waals surface area contributed by atoms with Crippen molar-refractivity contribution in [3.8, 4) is 0 Å². The standard InChI is InChI=1S/C5H9NO4.C4H7N3O/c6-3(5(9)10)1-2-4(7)8;1-7-2-3(8)6-4(7)5/h3H,1-2,6H2,(H,7,8)(H,9,10);2H2,1H3,(H2,5,6,8)/t3-;/m0./s1. The molecule has 0 aromatic rings. The molecule has 1 rings (SSSR count). The van der Waals surface area contributed by atoms with Gasteiger partial charge in [0.2, 0.25) is 5.91 Å². The molecule has 1 amide bonds. The van der Waals surface area contributed by atoms with Crippen molar-refractivity contribution < 1.29 is 24.6 Å². The maximum atomic E-state index is 10.4. The first-order chi connectivity index (χ1) is 8.23. The van der Waals surface area contributed by atoms with E-state index in [9.17, 15) is 14.4 Å². The number of carbonyl (C=O) groups is 3. The number of nitrogens with zero attached hydrogens (tertiary/aromatic N) is 1. The summed E-state index contributed by atoms with van der Waals surface area (Å²) in [5.41, 5.74) is 5.00. The fourth-order valence-corrected chi connectivity index (χ4v) is 0.964. The molecule has 0 spiro atoms. The first-order valence-electron chi connectivity index (χ1n) is 5.03. The second kappa shape index (κ2) is 7.22. The highest BCUT2D eigenvalue weighted by Gasteiger charge is 2.18. The molecule has 0 aliphatic carbocycles. The summed E-state index contributed by atoms with van der Waals surface area (Å²) in [6.45, 7) is 0.318. The van der Waals surface area contributed by atoms with Crippen LogP contribution in [0.2, 0.25) is 0 Å². The number of hydrogen-bond donors (Lipinski definition) is 5. The topological polar surface area (TPSA) is 157 Å². The minimum Gasteiger partial charge on any atom is -0.481 e. The number of carboxylic acid groups (broad SMARTS) is 2. The molecule has 1 heterocycles. The lowest BCUT2D eigenvalue weighted by atomic mass is 10.2. The highest BCUT2D eigenvalue weighted by atomic mass is 16.4. The quantitative estimate of drug-likeness (QED) is 0.401. The van der Waals surface area contributed by atoms with Crippen LogP contribution in [0.3, 0.4) is 0 Å². The van der Waals surface area contributed by atoms with Crippen LogP contribution < -0.4 is 11.1 Å². The molecule has 0 unspecified atom stereocenters. The first kappa shape index (κ1) is 15.8. The van der Waals surface area contributed by atoms with Gasteiger partial charge in [-0.05, 0) is 6.42 Å². The van der Waals surface area contributed by atoms with Gasteiger partial charge in [-0.2, -0.15) is 0 Å². The van der Waals surface area contributed by atoms with E-state index in [1.165, 1.54) is 0 Å². The van der Waals surface area contributed by atoms with Crippen LogP contribution in [0.1, 0.15) is 12.8 Å². The summed E-state index contributed by atoms with van der Waals surface area (Å²) in [6, 6.07) is -1.06. The average Bonchev–Trinajstić information content (AvgIpc) is 2.53. The van der Waals surface area contributed by atoms with Crippen LogP contribution in [0.15, 0.2) is 0 Å². The lowest BCUT2D eigenvalue weighted by molar-refractivity contribution is -0.139. The zero-order valence-electron chi connectivity index (χ0n) is 9.84. The SMILES string of the molecule is CN1CC(=O)NC1=N.N[C@@H](CCC(=O)O)C(=O)O. The Labute approximate surface area is 103 Å². The lowest BCUT2D eigenvalue weighted by Gasteiger charge is -2.03. The molecule has 18 heavy (non-hydrogen) atoms. The molecule has 1 aliphatic heterocycles. The molecular formula is C9H16N4O5. The second-order valence-electron chi connectivity index (χ2n) is 3.63. The van der Waals surface area contributed by atoms with Gasteiger partial charge >= 0.3 is 11.9 Å². The molecule has 0 aromatic heterocycles. The number of amides is 1. The van der Waals surface area contributed by atoms with Crippen molar-refractivity contribution >= 4 is 23.8 Å². The predicted octanol–water partition coefficient (Wildman–Crippen LogP) is -1.75. The molecule has 102 valence electrons. The van der Waals surface area contributed by atoms with Gasteiger partial charge in [0.25, 0.3) is 0 Å². The summed E-state index contributed by atoms with van der Waals surface area (Å²) in [5, 5.41) is 25.6. The van der Waals surface area contributed by atoms with E-state index in [1.807, 2.05) is 0 Å². The van der Waals surface area contributed by atoms with Crippen molar-refractivity contribution in [3.05, 3.63) is 0 Å². The molecular weight excluding hydrogens is 244 g/mol. The summed E-state index contributed by atoms with van der Waals surface area (Å²) in [5.74, 6) is -2.11. The van der Waals surface area contributed by atoms with E-state index in [-0.39, 0.29) is 24.7 Å². The highest BCUT2D eigenvalue weighted by Crippen LogP contribution is 1.93. The van der Waals surface area contributed by atoms with Gasteiger partial charge in [0.05, 0.1) is 6.54 Å². The van der Waals surface area contributed by atoms with Crippen molar-refractivity contribution in [2.75, 3.05) is 13.6 Å². The zero-order valence-corrected chi connectivity index (χ0v) is 9.84. The monoisotopic (exact) mass is 260 g/mol. The van der Waals surface area contributed by atoms with Gasteiger partial charge in [0.15, 0.2) is 5.96 Å². The van der Waals surface area contributed by atoms with Gasteiger partial charge < -0.3 is 20.8 Å². The van der Waals surface area contributed by atoms with E-state index in [0.29, 0.717) is 6.54 Å². The third-order valence-electron chi connectivity index (χ3n) is 2.01. The molecule has 6 N–H and O–H groups in total. The minimum absolute atomic E-state index is 0.0231. The Morgan fingerprint density at radius 1 is 1.56 bits per heavy atom. The van der Waals surface area contributed by atoms with Gasteiger partial charge in [-0.15, -0.1) is 0 Å². The number of nitrogens with two attached hydrogens (primary N) is 1. The number of aliphatic carboxylic acids is 2. The third-order valence-corrected chi connectivity index (χ3v) is 2.01. The number of guanidine groups is 1. The van der Waals surface area contributed by atoms with E-state index in [4.69, 9.17) is 21.4 Å². The smallest absolute Gasteiger partial charge is 0.320 e. The molecule has 1 atom stereocenters. The van der Waals surface area contributed by atoms with Gasteiger partial charge in [0.1, 0.15) is 6.04 Å². The maximum absolute atomic E-state index is 10.4. The third kappa shape index (κ3) is 6.43. The van der Waals surface area contributed by atoms with Crippen LogP contribution >= 0.6 is 0 Å². The van der Waals surface area contributed by atoms with Crippen molar-refractivity contribution in [2.24, 2.45) is 5.73 Å². The molecule has 1 fully saturated rings. The number of likely N-dealkylation sites (N-methyl/N-ethyl adjacent to an activating group) is 1. The molecule has 1 saturated heterocycles.